The van der Waals surface area contributed by atoms with Gasteiger partial charge in [-0.15, -0.1) is 0 Å². The molecule has 1 aromatic carbocycles. The van der Waals surface area contributed by atoms with Crippen LogP contribution in [0, 0.1) is 0 Å². The van der Waals surface area contributed by atoms with E-state index < -0.39 is 6.10 Å². The highest BCUT2D eigenvalue weighted by molar-refractivity contribution is 7.80. The van der Waals surface area contributed by atoms with E-state index in [0.717, 1.165) is 24.1 Å². The van der Waals surface area contributed by atoms with Crippen molar-refractivity contribution >= 4 is 24.2 Å². The third-order valence-electron chi connectivity index (χ3n) is 5.08. The second kappa shape index (κ2) is 10.5. The Labute approximate surface area is 178 Å². The zero-order chi connectivity index (χ0) is 20.6. The Kier molecular flexibility index (Phi) is 7.77. The van der Waals surface area contributed by atoms with Gasteiger partial charge in [-0.25, -0.2) is 4.98 Å². The monoisotopic (exact) mass is 414 g/mol. The smallest absolute Gasteiger partial charge is 0.261 e. The summed E-state index contributed by atoms with van der Waals surface area (Å²) in [6, 6.07) is 13.9. The third-order valence-corrected chi connectivity index (χ3v) is 5.55. The number of nitrogens with one attached hydrogen (secondary N) is 2. The summed E-state index contributed by atoms with van der Waals surface area (Å²) < 4.78 is 6.00. The van der Waals surface area contributed by atoms with Crippen LogP contribution < -0.4 is 21.1 Å². The molecule has 0 aliphatic heterocycles. The maximum Gasteiger partial charge on any atom is 0.261 e. The van der Waals surface area contributed by atoms with Crippen LogP contribution in [0.4, 0.5) is 5.69 Å². The fourth-order valence-corrected chi connectivity index (χ4v) is 3.48. The minimum Gasteiger partial charge on any atom is -0.463 e. The molecule has 2 unspecified atom stereocenters. The van der Waals surface area contributed by atoms with E-state index in [4.69, 9.17) is 10.5 Å². The van der Waals surface area contributed by atoms with E-state index >= 15 is 0 Å². The predicted molar refractivity (Wildman–Crippen MR) is 120 cm³/mol. The fourth-order valence-electron chi connectivity index (χ4n) is 3.35. The molecule has 156 valence electrons. The number of hydrogen-bond donors (Lipinski definition) is 4. The maximum absolute atomic E-state index is 12.6. The molecule has 0 saturated heterocycles. The van der Waals surface area contributed by atoms with Crippen LogP contribution in [0.15, 0.2) is 42.5 Å². The third kappa shape index (κ3) is 6.11. The summed E-state index contributed by atoms with van der Waals surface area (Å²) in [4.78, 5) is 17.2. The van der Waals surface area contributed by atoms with Gasteiger partial charge in [0.1, 0.15) is 0 Å². The van der Waals surface area contributed by atoms with Crippen molar-refractivity contribution in [2.75, 3.05) is 17.6 Å². The number of nitrogens with two attached hydrogens (primary N) is 1. The van der Waals surface area contributed by atoms with Crippen molar-refractivity contribution < 1.29 is 9.53 Å². The first kappa shape index (κ1) is 21.5. The molecule has 1 fully saturated rings. The molecule has 0 bridgehead atoms. The maximum atomic E-state index is 12.6. The van der Waals surface area contributed by atoms with E-state index in [0.29, 0.717) is 23.9 Å². The zero-order valence-corrected chi connectivity index (χ0v) is 17.7. The molecule has 6 nitrogen and oxygen atoms in total. The Balaban J connectivity index is 1.77. The van der Waals surface area contributed by atoms with Gasteiger partial charge >= 0.3 is 0 Å². The summed E-state index contributed by atoms with van der Waals surface area (Å²) in [6.07, 6.45) is 3.76. The molecule has 1 heterocycles. The van der Waals surface area contributed by atoms with E-state index in [1.807, 2.05) is 42.5 Å². The second-order valence-electron chi connectivity index (χ2n) is 7.49. The molecule has 29 heavy (non-hydrogen) atoms. The van der Waals surface area contributed by atoms with Gasteiger partial charge in [0.25, 0.3) is 5.91 Å². The highest BCUT2D eigenvalue weighted by Crippen LogP contribution is 2.28. The summed E-state index contributed by atoms with van der Waals surface area (Å²) in [5.41, 5.74) is 8.45. The number of amides is 1. The molecule has 2 aromatic rings. The van der Waals surface area contributed by atoms with Crippen LogP contribution in [-0.2, 0) is 4.79 Å². The van der Waals surface area contributed by atoms with Crippen molar-refractivity contribution in [3.05, 3.63) is 42.5 Å². The minimum absolute atomic E-state index is 0.0944. The number of benzene rings is 1. The minimum atomic E-state index is -0.645. The number of hydrogen-bond acceptors (Lipinski definition) is 6. The summed E-state index contributed by atoms with van der Waals surface area (Å²) in [6.45, 7) is 2.29. The van der Waals surface area contributed by atoms with Crippen molar-refractivity contribution in [3.63, 3.8) is 0 Å². The van der Waals surface area contributed by atoms with Crippen LogP contribution in [0.1, 0.15) is 32.6 Å². The van der Waals surface area contributed by atoms with Gasteiger partial charge < -0.3 is 21.1 Å². The molecule has 0 radical (unpaired) electrons. The number of ether oxygens (including phenoxy) is 1. The number of carbonyl (C=O) groups excluding carboxylic acids is 1. The van der Waals surface area contributed by atoms with Gasteiger partial charge in [0.15, 0.2) is 6.10 Å². The molecule has 1 aliphatic carbocycles. The molecule has 4 N–H and O–H groups in total. The lowest BCUT2D eigenvalue weighted by Gasteiger charge is -2.20. The van der Waals surface area contributed by atoms with Gasteiger partial charge in [0, 0.05) is 29.9 Å². The Morgan fingerprint density at radius 1 is 1.24 bits per heavy atom. The van der Waals surface area contributed by atoms with Crippen LogP contribution in [-0.4, -0.2) is 41.4 Å². The van der Waals surface area contributed by atoms with Gasteiger partial charge in [-0.05, 0) is 31.9 Å². The lowest BCUT2D eigenvalue weighted by atomic mass is 10.1. The summed E-state index contributed by atoms with van der Waals surface area (Å²) in [5, 5.41) is 6.35. The topological polar surface area (TPSA) is 89.3 Å². The number of rotatable bonds is 9. The number of anilines is 1. The van der Waals surface area contributed by atoms with Crippen LogP contribution in [0.3, 0.4) is 0 Å². The van der Waals surface area contributed by atoms with E-state index in [2.05, 4.69) is 28.2 Å². The normalized spacial score (nSPS) is 16.2. The number of thiol groups is 1. The zero-order valence-electron chi connectivity index (χ0n) is 16.8. The van der Waals surface area contributed by atoms with Gasteiger partial charge in [0.05, 0.1) is 11.4 Å². The number of pyridine rings is 1. The fraction of sp³-hybridized carbons (Fsp3) is 0.455. The number of carbonyl (C=O) groups is 1. The van der Waals surface area contributed by atoms with Gasteiger partial charge in [-0.2, -0.15) is 12.6 Å². The highest BCUT2D eigenvalue weighted by atomic mass is 32.1. The van der Waals surface area contributed by atoms with E-state index in [9.17, 15) is 4.79 Å². The standard InChI is InChI=1S/C22H30N4O2S/c1-15(21(27)25-18-9-5-6-10-18)28-22-20(24-13-17(23)14-29)12-11-19(26-22)16-7-3-2-4-8-16/h2-4,7-8,11-12,15,17-18,24,29H,5-6,9-10,13-14,23H2,1H3,(H,25,27). The molecule has 7 heteroatoms. The Bertz CT molecular complexity index is 797. The van der Waals surface area contributed by atoms with E-state index in [-0.39, 0.29) is 18.0 Å². The van der Waals surface area contributed by atoms with Crippen molar-refractivity contribution in [3.8, 4) is 17.1 Å². The summed E-state index contributed by atoms with van der Waals surface area (Å²) in [5.74, 6) is 0.854. The Morgan fingerprint density at radius 3 is 2.66 bits per heavy atom. The van der Waals surface area contributed by atoms with Crippen molar-refractivity contribution in [2.45, 2.75) is 50.8 Å². The summed E-state index contributed by atoms with van der Waals surface area (Å²) in [7, 11) is 0. The lowest BCUT2D eigenvalue weighted by molar-refractivity contribution is -0.128. The molecule has 0 spiro atoms. The largest absolute Gasteiger partial charge is 0.463 e. The molecule has 2 atom stereocenters. The quantitative estimate of drug-likeness (QED) is 0.473. The molecule has 3 rings (SSSR count). The molecule has 1 saturated carbocycles. The number of aromatic nitrogens is 1. The van der Waals surface area contributed by atoms with Gasteiger partial charge in [0.2, 0.25) is 5.88 Å². The predicted octanol–water partition coefficient (Wildman–Crippen LogP) is 3.24. The molecule has 1 aromatic heterocycles. The van der Waals surface area contributed by atoms with Crippen molar-refractivity contribution in [1.29, 1.82) is 0 Å². The summed E-state index contributed by atoms with van der Waals surface area (Å²) >= 11 is 4.22. The van der Waals surface area contributed by atoms with Crippen molar-refractivity contribution in [1.82, 2.24) is 10.3 Å². The first-order chi connectivity index (χ1) is 14.1. The van der Waals surface area contributed by atoms with Gasteiger partial charge in [-0.3, -0.25) is 4.79 Å². The number of nitrogens with zero attached hydrogens (tertiary/aromatic N) is 1. The molecular weight excluding hydrogens is 384 g/mol. The first-order valence-corrected chi connectivity index (χ1v) is 10.8. The Hall–Kier alpha value is -2.25. The average Bonchev–Trinajstić information content (AvgIpc) is 3.26. The first-order valence-electron chi connectivity index (χ1n) is 10.2. The Morgan fingerprint density at radius 2 is 1.97 bits per heavy atom. The highest BCUT2D eigenvalue weighted by Gasteiger charge is 2.23. The van der Waals surface area contributed by atoms with Crippen LogP contribution in [0.5, 0.6) is 5.88 Å². The molecule has 1 aliphatic rings. The van der Waals surface area contributed by atoms with E-state index in [1.54, 1.807) is 6.92 Å². The molecular formula is C22H30N4O2S. The average molecular weight is 415 g/mol. The van der Waals surface area contributed by atoms with Crippen LogP contribution in [0.25, 0.3) is 11.3 Å². The lowest BCUT2D eigenvalue weighted by Crippen LogP contribution is -2.41. The van der Waals surface area contributed by atoms with E-state index in [1.165, 1.54) is 12.8 Å². The van der Waals surface area contributed by atoms with Crippen molar-refractivity contribution in [2.24, 2.45) is 5.73 Å². The second-order valence-corrected chi connectivity index (χ2v) is 7.85. The van der Waals surface area contributed by atoms with Crippen LogP contribution in [0.2, 0.25) is 0 Å². The van der Waals surface area contributed by atoms with Gasteiger partial charge in [-0.1, -0.05) is 43.2 Å². The molecule has 1 amide bonds. The SMILES string of the molecule is CC(Oc1nc(-c2ccccc2)ccc1NCC(N)CS)C(=O)NC1CCCC1. The van der Waals surface area contributed by atoms with Crippen LogP contribution >= 0.6 is 12.6 Å².